The average molecular weight is 252 g/mol. The molecule has 0 unspecified atom stereocenters. The van der Waals surface area contributed by atoms with Crippen molar-refractivity contribution in [2.45, 2.75) is 104 Å². The van der Waals surface area contributed by atoms with E-state index < -0.39 is 0 Å². The van der Waals surface area contributed by atoms with E-state index in [1.165, 1.54) is 83.5 Å². The summed E-state index contributed by atoms with van der Waals surface area (Å²) in [7, 11) is 0. The quantitative estimate of drug-likeness (QED) is 0.404. The van der Waals surface area contributed by atoms with Crippen LogP contribution in [0.3, 0.4) is 0 Å². The summed E-state index contributed by atoms with van der Waals surface area (Å²) in [5.41, 5.74) is 0.735. The maximum atomic E-state index is 2.36. The second-order valence-corrected chi connectivity index (χ2v) is 6.65. The van der Waals surface area contributed by atoms with Crippen LogP contribution in [0.4, 0.5) is 0 Å². The number of unbranched alkanes of at least 4 members (excludes halogenated alkanes) is 3. The molecule has 0 heteroatoms. The molecule has 0 nitrogen and oxygen atoms in total. The van der Waals surface area contributed by atoms with E-state index in [2.05, 4.69) is 20.8 Å². The lowest BCUT2D eigenvalue weighted by Crippen LogP contribution is -2.29. The van der Waals surface area contributed by atoms with Gasteiger partial charge in [-0.2, -0.15) is 0 Å². The van der Waals surface area contributed by atoms with E-state index >= 15 is 0 Å². The maximum absolute atomic E-state index is 2.36. The minimum absolute atomic E-state index is 0.735. The Morgan fingerprint density at radius 3 is 1.44 bits per heavy atom. The molecule has 1 aliphatic carbocycles. The maximum Gasteiger partial charge on any atom is -0.0269 e. The molecule has 0 heterocycles. The molecule has 0 aromatic rings. The van der Waals surface area contributed by atoms with E-state index in [0.717, 1.165) is 11.3 Å². The van der Waals surface area contributed by atoms with Crippen LogP contribution >= 0.6 is 0 Å². The fourth-order valence-corrected chi connectivity index (χ4v) is 4.11. The van der Waals surface area contributed by atoms with Crippen LogP contribution in [0.5, 0.6) is 0 Å². The average Bonchev–Trinajstić information content (AvgIpc) is 2.93. The summed E-state index contributed by atoms with van der Waals surface area (Å²) in [6.07, 6.45) is 19.2. The van der Waals surface area contributed by atoms with Crippen molar-refractivity contribution in [2.75, 3.05) is 0 Å². The first-order valence-corrected chi connectivity index (χ1v) is 8.79. The summed E-state index contributed by atoms with van der Waals surface area (Å²) in [4.78, 5) is 0. The molecule has 0 aromatic carbocycles. The summed E-state index contributed by atoms with van der Waals surface area (Å²) in [6, 6.07) is 0. The molecular weight excluding hydrogens is 216 g/mol. The van der Waals surface area contributed by atoms with E-state index in [1.54, 1.807) is 0 Å². The lowest BCUT2D eigenvalue weighted by Gasteiger charge is -2.40. The van der Waals surface area contributed by atoms with Crippen molar-refractivity contribution >= 4 is 0 Å². The first kappa shape index (κ1) is 16.1. The van der Waals surface area contributed by atoms with E-state index in [1.807, 2.05) is 0 Å². The predicted molar refractivity (Wildman–Crippen MR) is 83.0 cm³/mol. The van der Waals surface area contributed by atoms with Crippen LogP contribution < -0.4 is 0 Å². The van der Waals surface area contributed by atoms with Gasteiger partial charge in [0, 0.05) is 0 Å². The Hall–Kier alpha value is 0. The zero-order valence-corrected chi connectivity index (χ0v) is 13.3. The fraction of sp³-hybridized carbons (Fsp3) is 1.00. The third-order valence-corrected chi connectivity index (χ3v) is 5.31. The van der Waals surface area contributed by atoms with Crippen molar-refractivity contribution in [2.24, 2.45) is 11.3 Å². The van der Waals surface area contributed by atoms with Gasteiger partial charge in [-0.3, -0.25) is 0 Å². The van der Waals surface area contributed by atoms with Gasteiger partial charge in [0.1, 0.15) is 0 Å². The molecule has 0 N–H and O–H groups in total. The smallest absolute Gasteiger partial charge is 0.0269 e. The van der Waals surface area contributed by atoms with Crippen molar-refractivity contribution in [3.63, 3.8) is 0 Å². The molecule has 0 aliphatic heterocycles. The second-order valence-electron chi connectivity index (χ2n) is 6.65. The Kier molecular flexibility index (Phi) is 8.02. The molecule has 1 aliphatic rings. The number of rotatable bonds is 10. The highest BCUT2D eigenvalue weighted by molar-refractivity contribution is 4.89. The van der Waals surface area contributed by atoms with Gasteiger partial charge < -0.3 is 0 Å². The highest BCUT2D eigenvalue weighted by Crippen LogP contribution is 2.49. The van der Waals surface area contributed by atoms with Crippen LogP contribution in [0.2, 0.25) is 0 Å². The molecule has 0 spiro atoms. The first-order valence-electron chi connectivity index (χ1n) is 8.79. The highest BCUT2D eigenvalue weighted by Gasteiger charge is 2.38. The Morgan fingerprint density at radius 2 is 1.11 bits per heavy atom. The van der Waals surface area contributed by atoms with E-state index in [9.17, 15) is 0 Å². The van der Waals surface area contributed by atoms with Crippen LogP contribution in [0.1, 0.15) is 104 Å². The second kappa shape index (κ2) is 8.99. The van der Waals surface area contributed by atoms with Crippen LogP contribution in [-0.2, 0) is 0 Å². The molecule has 18 heavy (non-hydrogen) atoms. The summed E-state index contributed by atoms with van der Waals surface area (Å²) >= 11 is 0. The van der Waals surface area contributed by atoms with Gasteiger partial charge in [0.25, 0.3) is 0 Å². The van der Waals surface area contributed by atoms with Crippen molar-refractivity contribution in [3.05, 3.63) is 0 Å². The predicted octanol–water partition coefficient (Wildman–Crippen LogP) is 6.73. The van der Waals surface area contributed by atoms with Crippen LogP contribution in [0.15, 0.2) is 0 Å². The minimum Gasteiger partial charge on any atom is -0.0654 e. The Balaban J connectivity index is 2.68. The third kappa shape index (κ3) is 4.59. The highest BCUT2D eigenvalue weighted by atomic mass is 14.4. The Labute approximate surface area is 116 Å². The fourth-order valence-electron chi connectivity index (χ4n) is 4.11. The first-order chi connectivity index (χ1) is 8.79. The monoisotopic (exact) mass is 252 g/mol. The van der Waals surface area contributed by atoms with Gasteiger partial charge in [-0.15, -0.1) is 0 Å². The lowest BCUT2D eigenvalue weighted by molar-refractivity contribution is 0.106. The van der Waals surface area contributed by atoms with Gasteiger partial charge in [0.15, 0.2) is 0 Å². The standard InChI is InChI=1S/C18H36/c1-4-7-14-18(15-8-5-2,16-9-6-3)17-12-10-11-13-17/h17H,4-16H2,1-3H3. The molecule has 108 valence electrons. The van der Waals surface area contributed by atoms with Gasteiger partial charge in [-0.1, -0.05) is 72.1 Å². The summed E-state index contributed by atoms with van der Waals surface area (Å²) in [6.45, 7) is 7.08. The number of hydrogen-bond donors (Lipinski definition) is 0. The van der Waals surface area contributed by atoms with Crippen molar-refractivity contribution in [1.82, 2.24) is 0 Å². The normalized spacial score (nSPS) is 17.5. The topological polar surface area (TPSA) is 0 Å². The van der Waals surface area contributed by atoms with Crippen LogP contribution in [0, 0.1) is 11.3 Å². The summed E-state index contributed by atoms with van der Waals surface area (Å²) in [5.74, 6) is 1.07. The molecule has 0 amide bonds. The van der Waals surface area contributed by atoms with E-state index in [0.29, 0.717) is 0 Å². The minimum atomic E-state index is 0.735. The van der Waals surface area contributed by atoms with Crippen LogP contribution in [-0.4, -0.2) is 0 Å². The largest absolute Gasteiger partial charge is 0.0654 e. The van der Waals surface area contributed by atoms with Gasteiger partial charge >= 0.3 is 0 Å². The SMILES string of the molecule is CCCCC(CCCC)(CCCC)C1CCCC1. The summed E-state index contributed by atoms with van der Waals surface area (Å²) in [5, 5.41) is 0. The molecule has 0 bridgehead atoms. The van der Waals surface area contributed by atoms with Gasteiger partial charge in [0.2, 0.25) is 0 Å². The summed E-state index contributed by atoms with van der Waals surface area (Å²) < 4.78 is 0. The molecule has 1 rings (SSSR count). The molecule has 0 atom stereocenters. The molecule has 0 saturated heterocycles. The van der Waals surface area contributed by atoms with Crippen molar-refractivity contribution in [1.29, 1.82) is 0 Å². The van der Waals surface area contributed by atoms with Gasteiger partial charge in [-0.05, 0) is 43.4 Å². The number of hydrogen-bond acceptors (Lipinski definition) is 0. The van der Waals surface area contributed by atoms with E-state index in [-0.39, 0.29) is 0 Å². The van der Waals surface area contributed by atoms with Gasteiger partial charge in [0.05, 0.1) is 0 Å². The molecule has 0 aromatic heterocycles. The lowest BCUT2D eigenvalue weighted by atomic mass is 9.65. The molecule has 1 saturated carbocycles. The van der Waals surface area contributed by atoms with Crippen LogP contribution in [0.25, 0.3) is 0 Å². The molecular formula is C18H36. The van der Waals surface area contributed by atoms with E-state index in [4.69, 9.17) is 0 Å². The van der Waals surface area contributed by atoms with Crippen molar-refractivity contribution in [3.8, 4) is 0 Å². The third-order valence-electron chi connectivity index (χ3n) is 5.31. The Morgan fingerprint density at radius 1 is 0.722 bits per heavy atom. The zero-order valence-electron chi connectivity index (χ0n) is 13.3. The Bertz CT molecular complexity index is 166. The van der Waals surface area contributed by atoms with Crippen molar-refractivity contribution < 1.29 is 0 Å². The molecule has 0 radical (unpaired) electrons. The van der Waals surface area contributed by atoms with Gasteiger partial charge in [-0.25, -0.2) is 0 Å². The molecule has 1 fully saturated rings. The zero-order chi connectivity index (χ0) is 13.3.